The highest BCUT2D eigenvalue weighted by molar-refractivity contribution is 8.03. The second-order valence-corrected chi connectivity index (χ2v) is 3.82. The summed E-state index contributed by atoms with van der Waals surface area (Å²) in [5.41, 5.74) is 0.659. The second-order valence-electron chi connectivity index (χ2n) is 3.00. The SMILES string of the molecule is CCCC/C(C#N)=C(/SC)C(=O)CC. The summed E-state index contributed by atoms with van der Waals surface area (Å²) in [4.78, 5) is 12.1. The quantitative estimate of drug-likeness (QED) is 0.500. The summed E-state index contributed by atoms with van der Waals surface area (Å²) in [6.45, 7) is 3.91. The minimum Gasteiger partial charge on any atom is -0.294 e. The molecule has 0 atom stereocenters. The van der Waals surface area contributed by atoms with Gasteiger partial charge in [0.05, 0.1) is 11.0 Å². The highest BCUT2D eigenvalue weighted by atomic mass is 32.2. The van der Waals surface area contributed by atoms with E-state index in [-0.39, 0.29) is 5.78 Å². The van der Waals surface area contributed by atoms with Crippen molar-refractivity contribution in [2.24, 2.45) is 0 Å². The van der Waals surface area contributed by atoms with Crippen LogP contribution in [-0.4, -0.2) is 12.0 Å². The fourth-order valence-corrected chi connectivity index (χ4v) is 1.91. The van der Waals surface area contributed by atoms with Gasteiger partial charge in [-0.3, -0.25) is 4.79 Å². The van der Waals surface area contributed by atoms with Crippen LogP contribution in [0, 0.1) is 11.3 Å². The third kappa shape index (κ3) is 3.97. The predicted octanol–water partition coefficient (Wildman–Crippen LogP) is 3.30. The van der Waals surface area contributed by atoms with Crippen molar-refractivity contribution >= 4 is 17.5 Å². The number of nitrogens with zero attached hydrogens (tertiary/aromatic N) is 1. The molecule has 0 amide bonds. The number of thioether (sulfide) groups is 1. The summed E-state index contributed by atoms with van der Waals surface area (Å²) in [6.07, 6.45) is 5.09. The summed E-state index contributed by atoms with van der Waals surface area (Å²) < 4.78 is 0. The number of carbonyl (C=O) groups is 1. The molecular weight excluding hydrogens is 194 g/mol. The van der Waals surface area contributed by atoms with Crippen LogP contribution < -0.4 is 0 Å². The number of unbranched alkanes of at least 4 members (excludes halogenated alkanes) is 1. The van der Waals surface area contributed by atoms with Gasteiger partial charge in [0, 0.05) is 12.0 Å². The van der Waals surface area contributed by atoms with E-state index in [9.17, 15) is 4.79 Å². The number of rotatable bonds is 6. The van der Waals surface area contributed by atoms with Gasteiger partial charge in [0.25, 0.3) is 0 Å². The molecule has 0 saturated carbocycles. The smallest absolute Gasteiger partial charge is 0.169 e. The van der Waals surface area contributed by atoms with Crippen molar-refractivity contribution in [1.29, 1.82) is 5.26 Å². The molecular formula is C11H17NOS. The minimum atomic E-state index is 0.0881. The van der Waals surface area contributed by atoms with Gasteiger partial charge >= 0.3 is 0 Å². The lowest BCUT2D eigenvalue weighted by molar-refractivity contribution is -0.114. The zero-order valence-electron chi connectivity index (χ0n) is 9.09. The lowest BCUT2D eigenvalue weighted by Crippen LogP contribution is -2.00. The van der Waals surface area contributed by atoms with E-state index in [1.54, 1.807) is 0 Å². The molecule has 0 heterocycles. The van der Waals surface area contributed by atoms with E-state index in [1.165, 1.54) is 11.8 Å². The number of carbonyl (C=O) groups excluding carboxylic acids is 1. The Labute approximate surface area is 90.4 Å². The fraction of sp³-hybridized carbons (Fsp3) is 0.636. The molecule has 0 rings (SSSR count). The highest BCUT2D eigenvalue weighted by Crippen LogP contribution is 2.22. The van der Waals surface area contributed by atoms with Crippen molar-refractivity contribution in [1.82, 2.24) is 0 Å². The van der Waals surface area contributed by atoms with E-state index >= 15 is 0 Å². The maximum absolute atomic E-state index is 11.5. The van der Waals surface area contributed by atoms with Gasteiger partial charge in [-0.15, -0.1) is 11.8 Å². The number of allylic oxidation sites excluding steroid dienone is 2. The molecule has 14 heavy (non-hydrogen) atoms. The van der Waals surface area contributed by atoms with Gasteiger partial charge < -0.3 is 0 Å². The first-order valence-electron chi connectivity index (χ1n) is 4.91. The molecule has 0 aliphatic carbocycles. The molecule has 0 aromatic carbocycles. The topological polar surface area (TPSA) is 40.9 Å². The maximum atomic E-state index is 11.5. The van der Waals surface area contributed by atoms with Gasteiger partial charge in [0.15, 0.2) is 5.78 Å². The van der Waals surface area contributed by atoms with E-state index in [0.29, 0.717) is 16.9 Å². The van der Waals surface area contributed by atoms with Crippen molar-refractivity contribution in [2.45, 2.75) is 39.5 Å². The van der Waals surface area contributed by atoms with E-state index in [1.807, 2.05) is 13.2 Å². The molecule has 0 saturated heterocycles. The summed E-state index contributed by atoms with van der Waals surface area (Å²) in [5, 5.41) is 8.93. The Morgan fingerprint density at radius 1 is 1.43 bits per heavy atom. The van der Waals surface area contributed by atoms with E-state index in [4.69, 9.17) is 5.26 Å². The third-order valence-electron chi connectivity index (χ3n) is 1.97. The summed E-state index contributed by atoms with van der Waals surface area (Å²) in [5.74, 6) is 0.0881. The van der Waals surface area contributed by atoms with Crippen molar-refractivity contribution in [3.8, 4) is 6.07 Å². The Kier molecular flexibility index (Phi) is 7.23. The second kappa shape index (κ2) is 7.64. The Morgan fingerprint density at radius 3 is 2.43 bits per heavy atom. The molecule has 78 valence electrons. The number of Topliss-reactive ketones (excluding diaryl/α,β-unsaturated/α-hetero) is 1. The van der Waals surface area contributed by atoms with Gasteiger partial charge in [-0.2, -0.15) is 5.26 Å². The van der Waals surface area contributed by atoms with Crippen LogP contribution in [0.25, 0.3) is 0 Å². The Morgan fingerprint density at radius 2 is 2.07 bits per heavy atom. The largest absolute Gasteiger partial charge is 0.294 e. The maximum Gasteiger partial charge on any atom is 0.169 e. The lowest BCUT2D eigenvalue weighted by atomic mass is 10.1. The minimum absolute atomic E-state index is 0.0881. The van der Waals surface area contributed by atoms with E-state index in [2.05, 4.69) is 13.0 Å². The summed E-state index contributed by atoms with van der Waals surface area (Å²) >= 11 is 1.39. The molecule has 0 aromatic rings. The lowest BCUT2D eigenvalue weighted by Gasteiger charge is -2.04. The molecule has 0 N–H and O–H groups in total. The average molecular weight is 211 g/mol. The Bertz CT molecular complexity index is 263. The van der Waals surface area contributed by atoms with Crippen molar-refractivity contribution in [2.75, 3.05) is 6.26 Å². The molecule has 0 unspecified atom stereocenters. The molecule has 2 nitrogen and oxygen atoms in total. The zero-order valence-corrected chi connectivity index (χ0v) is 9.91. The first kappa shape index (κ1) is 13.2. The van der Waals surface area contributed by atoms with Crippen LogP contribution >= 0.6 is 11.8 Å². The van der Waals surface area contributed by atoms with Crippen LogP contribution in [0.3, 0.4) is 0 Å². The molecule has 0 bridgehead atoms. The normalized spacial score (nSPS) is 11.9. The van der Waals surface area contributed by atoms with Gasteiger partial charge in [-0.05, 0) is 19.1 Å². The fourth-order valence-electron chi connectivity index (χ4n) is 1.14. The first-order chi connectivity index (χ1) is 6.71. The number of nitriles is 1. The van der Waals surface area contributed by atoms with Crippen molar-refractivity contribution in [3.05, 3.63) is 10.5 Å². The van der Waals surface area contributed by atoms with Gasteiger partial charge in [0.2, 0.25) is 0 Å². The molecule has 0 aliphatic heterocycles. The van der Waals surface area contributed by atoms with E-state index < -0.39 is 0 Å². The Balaban J connectivity index is 4.75. The third-order valence-corrected chi connectivity index (χ3v) is 2.85. The van der Waals surface area contributed by atoms with Crippen LogP contribution in [0.5, 0.6) is 0 Å². The molecule has 0 aliphatic rings. The highest BCUT2D eigenvalue weighted by Gasteiger charge is 2.12. The van der Waals surface area contributed by atoms with Gasteiger partial charge in [-0.1, -0.05) is 20.3 Å². The van der Waals surface area contributed by atoms with Crippen molar-refractivity contribution in [3.63, 3.8) is 0 Å². The van der Waals surface area contributed by atoms with Gasteiger partial charge in [-0.25, -0.2) is 0 Å². The number of hydrogen-bond donors (Lipinski definition) is 0. The molecule has 3 heteroatoms. The zero-order chi connectivity index (χ0) is 11.0. The Hall–Kier alpha value is -0.750. The standard InChI is InChI=1S/C11H17NOS/c1-4-6-7-9(8-12)11(14-3)10(13)5-2/h4-7H2,1-3H3/b11-9-. The van der Waals surface area contributed by atoms with Crippen LogP contribution in [-0.2, 0) is 4.79 Å². The molecule has 0 radical (unpaired) electrons. The number of ketones is 1. The average Bonchev–Trinajstić information content (AvgIpc) is 2.23. The molecule has 0 aromatic heterocycles. The van der Waals surface area contributed by atoms with Crippen LogP contribution in [0.4, 0.5) is 0 Å². The van der Waals surface area contributed by atoms with Crippen molar-refractivity contribution < 1.29 is 4.79 Å². The van der Waals surface area contributed by atoms with Gasteiger partial charge in [0.1, 0.15) is 0 Å². The summed E-state index contributed by atoms with van der Waals surface area (Å²) in [6, 6.07) is 2.14. The van der Waals surface area contributed by atoms with Crippen LogP contribution in [0.2, 0.25) is 0 Å². The monoisotopic (exact) mass is 211 g/mol. The van der Waals surface area contributed by atoms with Crippen LogP contribution in [0.1, 0.15) is 39.5 Å². The molecule has 0 fully saturated rings. The first-order valence-corrected chi connectivity index (χ1v) is 6.14. The van der Waals surface area contributed by atoms with E-state index in [0.717, 1.165) is 19.3 Å². The number of hydrogen-bond acceptors (Lipinski definition) is 3. The summed E-state index contributed by atoms with van der Waals surface area (Å²) in [7, 11) is 0. The molecule has 0 spiro atoms. The predicted molar refractivity (Wildman–Crippen MR) is 61.0 cm³/mol. The van der Waals surface area contributed by atoms with Crippen LogP contribution in [0.15, 0.2) is 10.5 Å².